The summed E-state index contributed by atoms with van der Waals surface area (Å²) in [7, 11) is 0. The van der Waals surface area contributed by atoms with Crippen molar-refractivity contribution in [2.75, 3.05) is 13.1 Å². The third-order valence-electron chi connectivity index (χ3n) is 2.88. The molecule has 0 aliphatic carbocycles. The van der Waals surface area contributed by atoms with Crippen molar-refractivity contribution in [3.63, 3.8) is 0 Å². The number of carbonyl (C=O) groups is 1. The zero-order valence-corrected chi connectivity index (χ0v) is 9.44. The third kappa shape index (κ3) is 2.68. The molecule has 0 spiro atoms. The minimum Gasteiger partial charge on any atom is -0.507 e. The highest BCUT2D eigenvalue weighted by atomic mass is 16.3. The van der Waals surface area contributed by atoms with Crippen LogP contribution >= 0.6 is 0 Å². The molecular weight excluding hydrogens is 220 g/mol. The molecule has 2 rings (SSSR count). The van der Waals surface area contributed by atoms with E-state index in [0.29, 0.717) is 0 Å². The minimum atomic E-state index is -0.436. The number of hydrogen-bond acceptors (Lipinski definition) is 4. The summed E-state index contributed by atoms with van der Waals surface area (Å²) >= 11 is 0. The molecule has 0 bridgehead atoms. The van der Waals surface area contributed by atoms with E-state index in [1.165, 1.54) is 18.2 Å². The van der Waals surface area contributed by atoms with Crippen LogP contribution in [-0.4, -0.2) is 35.3 Å². The maximum atomic E-state index is 11.9. The molecule has 1 aliphatic heterocycles. The standard InChI is InChI=1S/C12H16N2O3/c15-9-4-1-5-10(16)11(9)12(17)14-8-3-2-6-13-7-8/h1,4-5,8,13,15-16H,2-3,6-7H2,(H,14,17). The molecule has 1 saturated heterocycles. The fourth-order valence-electron chi connectivity index (χ4n) is 1.99. The Hall–Kier alpha value is -1.75. The molecule has 5 heteroatoms. The quantitative estimate of drug-likeness (QED) is 0.605. The van der Waals surface area contributed by atoms with Crippen LogP contribution in [0.5, 0.6) is 11.5 Å². The number of piperidine rings is 1. The number of rotatable bonds is 2. The lowest BCUT2D eigenvalue weighted by Gasteiger charge is -2.24. The van der Waals surface area contributed by atoms with Gasteiger partial charge in [0.1, 0.15) is 17.1 Å². The summed E-state index contributed by atoms with van der Waals surface area (Å²) < 4.78 is 0. The Kier molecular flexibility index (Phi) is 3.49. The summed E-state index contributed by atoms with van der Waals surface area (Å²) in [5.74, 6) is -0.841. The first-order valence-corrected chi connectivity index (χ1v) is 5.71. The van der Waals surface area contributed by atoms with E-state index in [1.54, 1.807) is 0 Å². The number of benzene rings is 1. The molecule has 1 fully saturated rings. The van der Waals surface area contributed by atoms with Gasteiger partial charge in [-0.2, -0.15) is 0 Å². The van der Waals surface area contributed by atoms with Gasteiger partial charge >= 0.3 is 0 Å². The van der Waals surface area contributed by atoms with Crippen molar-refractivity contribution in [2.45, 2.75) is 18.9 Å². The predicted octanol–water partition coefficient (Wildman–Crippen LogP) is 0.580. The monoisotopic (exact) mass is 236 g/mol. The highest BCUT2D eigenvalue weighted by Crippen LogP contribution is 2.26. The van der Waals surface area contributed by atoms with Gasteiger partial charge < -0.3 is 20.8 Å². The Morgan fingerprint density at radius 2 is 2.06 bits per heavy atom. The Morgan fingerprint density at radius 3 is 2.65 bits per heavy atom. The zero-order chi connectivity index (χ0) is 12.3. The molecule has 1 amide bonds. The molecule has 1 unspecified atom stereocenters. The molecule has 4 N–H and O–H groups in total. The molecule has 1 aromatic rings. The maximum absolute atomic E-state index is 11.9. The van der Waals surface area contributed by atoms with Crippen molar-refractivity contribution in [3.05, 3.63) is 23.8 Å². The smallest absolute Gasteiger partial charge is 0.259 e. The second kappa shape index (κ2) is 5.05. The van der Waals surface area contributed by atoms with Gasteiger partial charge in [-0.3, -0.25) is 4.79 Å². The average molecular weight is 236 g/mol. The van der Waals surface area contributed by atoms with E-state index in [2.05, 4.69) is 10.6 Å². The van der Waals surface area contributed by atoms with Crippen molar-refractivity contribution in [3.8, 4) is 11.5 Å². The van der Waals surface area contributed by atoms with E-state index in [4.69, 9.17) is 0 Å². The molecule has 1 aliphatic rings. The number of amides is 1. The van der Waals surface area contributed by atoms with Gasteiger partial charge in [-0.15, -0.1) is 0 Å². The first kappa shape index (κ1) is 11.7. The summed E-state index contributed by atoms with van der Waals surface area (Å²) in [6.45, 7) is 1.69. The molecule has 0 saturated carbocycles. The van der Waals surface area contributed by atoms with E-state index in [0.717, 1.165) is 25.9 Å². The van der Waals surface area contributed by atoms with Crippen molar-refractivity contribution in [1.82, 2.24) is 10.6 Å². The lowest BCUT2D eigenvalue weighted by molar-refractivity contribution is 0.0925. The first-order chi connectivity index (χ1) is 8.18. The van der Waals surface area contributed by atoms with Gasteiger partial charge in [-0.05, 0) is 31.5 Å². The number of phenols is 2. The number of nitrogens with one attached hydrogen (secondary N) is 2. The summed E-state index contributed by atoms with van der Waals surface area (Å²) in [5, 5.41) is 25.1. The van der Waals surface area contributed by atoms with E-state index in [-0.39, 0.29) is 23.1 Å². The number of phenolic OH excluding ortho intramolecular Hbond substituents is 2. The fraction of sp³-hybridized carbons (Fsp3) is 0.417. The lowest BCUT2D eigenvalue weighted by atomic mass is 10.1. The molecule has 17 heavy (non-hydrogen) atoms. The molecular formula is C12H16N2O3. The second-order valence-corrected chi connectivity index (χ2v) is 4.19. The lowest BCUT2D eigenvalue weighted by Crippen LogP contribution is -2.45. The van der Waals surface area contributed by atoms with Crippen LogP contribution in [0.15, 0.2) is 18.2 Å². The van der Waals surface area contributed by atoms with Gasteiger partial charge in [-0.1, -0.05) is 6.07 Å². The zero-order valence-electron chi connectivity index (χ0n) is 9.44. The van der Waals surface area contributed by atoms with E-state index in [1.807, 2.05) is 0 Å². The third-order valence-corrected chi connectivity index (χ3v) is 2.88. The number of aromatic hydroxyl groups is 2. The Morgan fingerprint density at radius 1 is 1.35 bits per heavy atom. The summed E-state index contributed by atoms with van der Waals surface area (Å²) in [6.07, 6.45) is 1.92. The molecule has 92 valence electrons. The van der Waals surface area contributed by atoms with Crippen LogP contribution in [0.3, 0.4) is 0 Å². The van der Waals surface area contributed by atoms with Crippen LogP contribution in [0.25, 0.3) is 0 Å². The van der Waals surface area contributed by atoms with Crippen LogP contribution in [0.1, 0.15) is 23.2 Å². The number of hydrogen-bond donors (Lipinski definition) is 4. The van der Waals surface area contributed by atoms with E-state index in [9.17, 15) is 15.0 Å². The fourth-order valence-corrected chi connectivity index (χ4v) is 1.99. The normalized spacial score (nSPS) is 19.9. The van der Waals surface area contributed by atoms with Crippen molar-refractivity contribution in [2.24, 2.45) is 0 Å². The van der Waals surface area contributed by atoms with Crippen LogP contribution in [0.2, 0.25) is 0 Å². The minimum absolute atomic E-state index is 0.0512. The highest BCUT2D eigenvalue weighted by molar-refractivity contribution is 5.99. The SMILES string of the molecule is O=C(NC1CCCNC1)c1c(O)cccc1O. The Bertz CT molecular complexity index is 394. The van der Waals surface area contributed by atoms with Crippen LogP contribution in [-0.2, 0) is 0 Å². The van der Waals surface area contributed by atoms with E-state index >= 15 is 0 Å². The van der Waals surface area contributed by atoms with Gasteiger partial charge in [0.2, 0.25) is 0 Å². The largest absolute Gasteiger partial charge is 0.507 e. The van der Waals surface area contributed by atoms with Crippen molar-refractivity contribution >= 4 is 5.91 Å². The van der Waals surface area contributed by atoms with Crippen molar-refractivity contribution < 1.29 is 15.0 Å². The van der Waals surface area contributed by atoms with Gasteiger partial charge in [0.25, 0.3) is 5.91 Å². The average Bonchev–Trinajstić information content (AvgIpc) is 2.30. The summed E-state index contributed by atoms with van der Waals surface area (Å²) in [5.41, 5.74) is -0.0573. The van der Waals surface area contributed by atoms with Gasteiger partial charge in [0.15, 0.2) is 0 Å². The van der Waals surface area contributed by atoms with Crippen LogP contribution in [0.4, 0.5) is 0 Å². The topological polar surface area (TPSA) is 81.6 Å². The molecule has 1 heterocycles. The molecule has 5 nitrogen and oxygen atoms in total. The van der Waals surface area contributed by atoms with Gasteiger partial charge in [0.05, 0.1) is 0 Å². The first-order valence-electron chi connectivity index (χ1n) is 5.71. The molecule has 1 atom stereocenters. The van der Waals surface area contributed by atoms with Crippen molar-refractivity contribution in [1.29, 1.82) is 0 Å². The Balaban J connectivity index is 2.08. The highest BCUT2D eigenvalue weighted by Gasteiger charge is 2.20. The second-order valence-electron chi connectivity index (χ2n) is 4.19. The van der Waals surface area contributed by atoms with Gasteiger partial charge in [-0.25, -0.2) is 0 Å². The van der Waals surface area contributed by atoms with E-state index < -0.39 is 5.91 Å². The summed E-state index contributed by atoms with van der Waals surface area (Å²) in [6, 6.07) is 4.31. The number of carbonyl (C=O) groups excluding carboxylic acids is 1. The summed E-state index contributed by atoms with van der Waals surface area (Å²) in [4.78, 5) is 11.9. The molecule has 0 radical (unpaired) electrons. The van der Waals surface area contributed by atoms with Crippen LogP contribution < -0.4 is 10.6 Å². The van der Waals surface area contributed by atoms with Gasteiger partial charge in [0, 0.05) is 12.6 Å². The molecule has 1 aromatic carbocycles. The predicted molar refractivity (Wildman–Crippen MR) is 63.1 cm³/mol. The maximum Gasteiger partial charge on any atom is 0.259 e. The van der Waals surface area contributed by atoms with Crippen LogP contribution in [0, 0.1) is 0 Å². The Labute approximate surface area is 99.5 Å². The molecule has 0 aromatic heterocycles.